The zero-order valence-electron chi connectivity index (χ0n) is 19.5. The summed E-state index contributed by atoms with van der Waals surface area (Å²) in [5, 5.41) is 11.3. The molecule has 202 valence electrons. The third kappa shape index (κ3) is 5.26. The average molecular weight is 557 g/mol. The number of nitrogens with zero attached hydrogens (tertiary/aromatic N) is 1. The molecule has 1 aliphatic carbocycles. The van der Waals surface area contributed by atoms with Gasteiger partial charge in [-0.15, -0.1) is 13.2 Å². The Kier molecular flexibility index (Phi) is 6.70. The number of aliphatic hydroxyl groups is 1. The number of halogens is 5. The molecule has 13 heteroatoms. The van der Waals surface area contributed by atoms with Crippen LogP contribution in [0.25, 0.3) is 0 Å². The Morgan fingerprint density at radius 1 is 0.921 bits per heavy atom. The normalized spacial score (nSPS) is 21.3. The highest BCUT2D eigenvalue weighted by Gasteiger charge is 2.41. The van der Waals surface area contributed by atoms with Crippen molar-refractivity contribution < 1.29 is 45.0 Å². The zero-order chi connectivity index (χ0) is 27.2. The molecule has 38 heavy (non-hydrogen) atoms. The van der Waals surface area contributed by atoms with Crippen molar-refractivity contribution in [3.63, 3.8) is 0 Å². The number of ether oxygens (including phenoxy) is 2. The molecule has 2 N–H and O–H groups in total. The second-order valence-corrected chi connectivity index (χ2v) is 10.6. The van der Waals surface area contributed by atoms with E-state index in [0.29, 0.717) is 24.2 Å². The Hall–Kier alpha value is -3.42. The van der Waals surface area contributed by atoms with Gasteiger partial charge in [0.2, 0.25) is 10.0 Å². The molecular weight excluding hydrogens is 535 g/mol. The molecule has 0 saturated heterocycles. The van der Waals surface area contributed by atoms with Gasteiger partial charge in [-0.1, -0.05) is 0 Å². The molecule has 1 heterocycles. The topological polar surface area (TPSA) is 88.1 Å². The third-order valence-corrected chi connectivity index (χ3v) is 7.92. The third-order valence-electron chi connectivity index (χ3n) is 6.41. The summed E-state index contributed by atoms with van der Waals surface area (Å²) in [7, 11) is -4.23. The van der Waals surface area contributed by atoms with E-state index in [2.05, 4.69) is 9.46 Å². The van der Waals surface area contributed by atoms with Gasteiger partial charge in [0, 0.05) is 12.1 Å². The van der Waals surface area contributed by atoms with Crippen molar-refractivity contribution in [2.75, 3.05) is 4.90 Å². The first-order chi connectivity index (χ1) is 17.9. The minimum Gasteiger partial charge on any atom is -0.453 e. The van der Waals surface area contributed by atoms with Crippen LogP contribution in [0.5, 0.6) is 17.2 Å². The maximum atomic E-state index is 13.9. The number of sulfonamides is 1. The van der Waals surface area contributed by atoms with Gasteiger partial charge in [-0.2, -0.15) is 0 Å². The van der Waals surface area contributed by atoms with E-state index in [0.717, 1.165) is 36.4 Å². The Bertz CT molecular complexity index is 1400. The fourth-order valence-electron chi connectivity index (χ4n) is 4.80. The van der Waals surface area contributed by atoms with Gasteiger partial charge in [-0.3, -0.25) is 0 Å². The lowest BCUT2D eigenvalue weighted by atomic mass is 9.86. The molecule has 3 atom stereocenters. The van der Waals surface area contributed by atoms with E-state index in [1.54, 1.807) is 4.90 Å². The van der Waals surface area contributed by atoms with E-state index in [-0.39, 0.29) is 22.8 Å². The van der Waals surface area contributed by atoms with Crippen molar-refractivity contribution >= 4 is 21.4 Å². The zero-order valence-corrected chi connectivity index (χ0v) is 20.3. The smallest absolute Gasteiger partial charge is 0.453 e. The van der Waals surface area contributed by atoms with E-state index in [1.165, 1.54) is 24.3 Å². The SMILES string of the molecule is O=S(=O)(N[C@@H]1CCCC(N2c3ccc(F)cc3Oc3cc(F)ccc32)[C@H]1O)c1ccc(OC(F)(F)F)cc1. The number of fused-ring (bicyclic) bond motifs is 2. The van der Waals surface area contributed by atoms with Crippen LogP contribution in [0, 0.1) is 11.6 Å². The van der Waals surface area contributed by atoms with Crippen LogP contribution in [0.3, 0.4) is 0 Å². The molecule has 1 fully saturated rings. The Labute approximate surface area is 214 Å². The van der Waals surface area contributed by atoms with Crippen LogP contribution in [0.4, 0.5) is 33.3 Å². The van der Waals surface area contributed by atoms with Crippen LogP contribution >= 0.6 is 0 Å². The molecule has 7 nitrogen and oxygen atoms in total. The molecule has 1 saturated carbocycles. The van der Waals surface area contributed by atoms with E-state index < -0.39 is 52.0 Å². The highest BCUT2D eigenvalue weighted by molar-refractivity contribution is 7.89. The lowest BCUT2D eigenvalue weighted by Gasteiger charge is -2.44. The first-order valence-electron chi connectivity index (χ1n) is 11.5. The van der Waals surface area contributed by atoms with Gasteiger partial charge in [0.25, 0.3) is 0 Å². The average Bonchev–Trinajstić information content (AvgIpc) is 2.83. The van der Waals surface area contributed by atoms with Crippen molar-refractivity contribution in [2.45, 2.75) is 48.7 Å². The Morgan fingerprint density at radius 3 is 2.05 bits per heavy atom. The summed E-state index contributed by atoms with van der Waals surface area (Å²) in [5.41, 5.74) is 0.830. The van der Waals surface area contributed by atoms with E-state index in [1.807, 2.05) is 0 Å². The van der Waals surface area contributed by atoms with Crippen molar-refractivity contribution in [2.24, 2.45) is 0 Å². The number of anilines is 2. The molecule has 2 aliphatic rings. The fourth-order valence-corrected chi connectivity index (χ4v) is 6.08. The predicted molar refractivity (Wildman–Crippen MR) is 126 cm³/mol. The molecule has 3 aromatic rings. The number of nitrogens with one attached hydrogen (secondary N) is 1. The van der Waals surface area contributed by atoms with Gasteiger partial charge in [0.05, 0.1) is 34.5 Å². The number of hydrogen-bond donors (Lipinski definition) is 2. The van der Waals surface area contributed by atoms with Crippen LogP contribution in [0.15, 0.2) is 65.6 Å². The summed E-state index contributed by atoms with van der Waals surface area (Å²) in [4.78, 5) is 1.37. The molecule has 1 aliphatic heterocycles. The van der Waals surface area contributed by atoms with Crippen LogP contribution in [0.2, 0.25) is 0 Å². The van der Waals surface area contributed by atoms with Crippen molar-refractivity contribution in [1.82, 2.24) is 4.72 Å². The molecule has 0 radical (unpaired) electrons. The van der Waals surface area contributed by atoms with Gasteiger partial charge in [-0.25, -0.2) is 21.9 Å². The minimum atomic E-state index is -4.92. The van der Waals surface area contributed by atoms with E-state index >= 15 is 0 Å². The lowest BCUT2D eigenvalue weighted by Crippen LogP contribution is -2.56. The monoisotopic (exact) mass is 556 g/mol. The maximum absolute atomic E-state index is 13.9. The number of aliphatic hydroxyl groups excluding tert-OH is 1. The highest BCUT2D eigenvalue weighted by atomic mass is 32.2. The second-order valence-electron chi connectivity index (χ2n) is 8.93. The van der Waals surface area contributed by atoms with Crippen LogP contribution in [0.1, 0.15) is 19.3 Å². The first kappa shape index (κ1) is 26.2. The van der Waals surface area contributed by atoms with E-state index in [4.69, 9.17) is 4.74 Å². The number of hydrogen-bond acceptors (Lipinski definition) is 6. The summed E-state index contributed by atoms with van der Waals surface area (Å²) in [6, 6.07) is 9.65. The van der Waals surface area contributed by atoms with Gasteiger partial charge in [0.1, 0.15) is 17.4 Å². The summed E-state index contributed by atoms with van der Waals surface area (Å²) in [6.07, 6.45) is -4.98. The summed E-state index contributed by atoms with van der Waals surface area (Å²) in [5.74, 6) is -1.51. The van der Waals surface area contributed by atoms with Crippen LogP contribution in [-0.2, 0) is 10.0 Å². The number of alkyl halides is 3. The lowest BCUT2D eigenvalue weighted by molar-refractivity contribution is -0.274. The summed E-state index contributed by atoms with van der Waals surface area (Å²) in [6.45, 7) is 0. The van der Waals surface area contributed by atoms with Crippen LogP contribution in [-0.4, -0.2) is 38.1 Å². The number of rotatable bonds is 5. The molecule has 3 aromatic carbocycles. The van der Waals surface area contributed by atoms with E-state index in [9.17, 15) is 35.5 Å². The standard InChI is InChI=1S/C25H21F5N2O5S/c26-14-4-10-19-22(12-14)36-23-13-15(27)5-11-20(23)32(19)21-3-1-2-18(24(21)33)31-38(34,35)17-8-6-16(7-9-17)37-25(28,29)30/h4-13,18,21,24,31,33H,1-3H2/t18-,21?,24+/m1/s1. The quantitative estimate of drug-likeness (QED) is 0.411. The molecule has 0 aromatic heterocycles. The molecule has 1 unspecified atom stereocenters. The van der Waals surface area contributed by atoms with Gasteiger partial charge in [0.15, 0.2) is 11.5 Å². The second kappa shape index (κ2) is 9.71. The van der Waals surface area contributed by atoms with Gasteiger partial charge >= 0.3 is 6.36 Å². The summed E-state index contributed by atoms with van der Waals surface area (Å²) < 4.78 is 103. The van der Waals surface area contributed by atoms with Crippen molar-refractivity contribution in [3.05, 3.63) is 72.3 Å². The molecule has 0 amide bonds. The van der Waals surface area contributed by atoms with Crippen molar-refractivity contribution in [3.8, 4) is 17.2 Å². The Morgan fingerprint density at radius 2 is 1.50 bits per heavy atom. The molecule has 5 rings (SSSR count). The summed E-state index contributed by atoms with van der Waals surface area (Å²) >= 11 is 0. The Balaban J connectivity index is 1.42. The first-order valence-corrected chi connectivity index (χ1v) is 13.0. The van der Waals surface area contributed by atoms with Gasteiger partial charge < -0.3 is 19.5 Å². The number of benzene rings is 3. The highest BCUT2D eigenvalue weighted by Crippen LogP contribution is 2.49. The molecule has 0 spiro atoms. The minimum absolute atomic E-state index is 0.110. The maximum Gasteiger partial charge on any atom is 0.573 e. The van der Waals surface area contributed by atoms with Gasteiger partial charge in [-0.05, 0) is 67.8 Å². The molecule has 0 bridgehead atoms. The fraction of sp³-hybridized carbons (Fsp3) is 0.280. The van der Waals surface area contributed by atoms with Crippen LogP contribution < -0.4 is 19.1 Å². The predicted octanol–water partition coefficient (Wildman–Crippen LogP) is 5.37. The molecular formula is C25H21F5N2O5S. The largest absolute Gasteiger partial charge is 0.573 e. The van der Waals surface area contributed by atoms with Crippen molar-refractivity contribution in [1.29, 1.82) is 0 Å².